The van der Waals surface area contributed by atoms with Crippen LogP contribution in [0.4, 0.5) is 10.1 Å². The summed E-state index contributed by atoms with van der Waals surface area (Å²) < 4.78 is 19.4. The van der Waals surface area contributed by atoms with Crippen molar-refractivity contribution < 1.29 is 9.13 Å². The lowest BCUT2D eigenvalue weighted by atomic mass is 10.3. The Balaban J connectivity index is 1.83. The topological polar surface area (TPSA) is 63.9 Å². The quantitative estimate of drug-likeness (QED) is 0.718. The van der Waals surface area contributed by atoms with Crippen LogP contribution in [0.25, 0.3) is 11.0 Å². The molecule has 6 heteroatoms. The SMILES string of the molecule is Nc1ccccc1OCc1nc2cc(Br)c(F)cc2[nH]1. The number of nitrogens with one attached hydrogen (secondary N) is 1. The molecule has 1 aromatic heterocycles. The van der Waals surface area contributed by atoms with E-state index in [9.17, 15) is 4.39 Å². The maximum Gasteiger partial charge on any atom is 0.146 e. The number of H-pyrrole nitrogens is 1. The first-order valence-electron chi connectivity index (χ1n) is 5.94. The van der Waals surface area contributed by atoms with Gasteiger partial charge in [0.2, 0.25) is 0 Å². The fourth-order valence-electron chi connectivity index (χ4n) is 1.88. The Bertz CT molecular complexity index is 733. The second kappa shape index (κ2) is 5.13. The summed E-state index contributed by atoms with van der Waals surface area (Å²) in [4.78, 5) is 7.36. The van der Waals surface area contributed by atoms with Crippen LogP contribution in [0, 0.1) is 5.82 Å². The molecular formula is C14H11BrFN3O. The van der Waals surface area contributed by atoms with Crippen molar-refractivity contribution >= 4 is 32.7 Å². The largest absolute Gasteiger partial charge is 0.484 e. The van der Waals surface area contributed by atoms with Gasteiger partial charge >= 0.3 is 0 Å². The van der Waals surface area contributed by atoms with Crippen LogP contribution in [0.15, 0.2) is 40.9 Å². The smallest absolute Gasteiger partial charge is 0.146 e. The molecule has 0 saturated heterocycles. The van der Waals surface area contributed by atoms with Gasteiger partial charge in [0.15, 0.2) is 0 Å². The number of ether oxygens (including phenoxy) is 1. The fraction of sp³-hybridized carbons (Fsp3) is 0.0714. The first-order chi connectivity index (χ1) is 9.63. The molecule has 0 amide bonds. The van der Waals surface area contributed by atoms with Crippen molar-refractivity contribution in [3.63, 3.8) is 0 Å². The van der Waals surface area contributed by atoms with Crippen molar-refractivity contribution in [1.82, 2.24) is 9.97 Å². The molecule has 20 heavy (non-hydrogen) atoms. The number of rotatable bonds is 3. The van der Waals surface area contributed by atoms with Gasteiger partial charge in [-0.2, -0.15) is 0 Å². The van der Waals surface area contributed by atoms with Crippen LogP contribution in [0.3, 0.4) is 0 Å². The Kier molecular flexibility index (Phi) is 3.31. The van der Waals surface area contributed by atoms with Gasteiger partial charge in [-0.3, -0.25) is 0 Å². The molecule has 3 rings (SSSR count). The Labute approximate surface area is 122 Å². The van der Waals surface area contributed by atoms with Gasteiger partial charge in [0, 0.05) is 6.07 Å². The third kappa shape index (κ3) is 2.46. The zero-order chi connectivity index (χ0) is 14.1. The third-order valence-electron chi connectivity index (χ3n) is 2.86. The highest BCUT2D eigenvalue weighted by Gasteiger charge is 2.08. The highest BCUT2D eigenvalue weighted by Crippen LogP contribution is 2.23. The second-order valence-corrected chi connectivity index (χ2v) is 5.15. The van der Waals surface area contributed by atoms with E-state index >= 15 is 0 Å². The van der Waals surface area contributed by atoms with Crippen LogP contribution in [0.2, 0.25) is 0 Å². The van der Waals surface area contributed by atoms with Crippen molar-refractivity contribution in [2.45, 2.75) is 6.61 Å². The van der Waals surface area contributed by atoms with Gasteiger partial charge in [0.05, 0.1) is 21.2 Å². The summed E-state index contributed by atoms with van der Waals surface area (Å²) in [6.07, 6.45) is 0. The van der Waals surface area contributed by atoms with Gasteiger partial charge in [-0.1, -0.05) is 12.1 Å². The molecule has 102 valence electrons. The number of aromatic nitrogens is 2. The van der Waals surface area contributed by atoms with Crippen molar-refractivity contribution in [1.29, 1.82) is 0 Å². The minimum absolute atomic E-state index is 0.238. The summed E-state index contributed by atoms with van der Waals surface area (Å²) in [5.41, 5.74) is 7.66. The molecule has 0 atom stereocenters. The number of fused-ring (bicyclic) bond motifs is 1. The molecule has 0 fully saturated rings. The van der Waals surface area contributed by atoms with Crippen molar-refractivity contribution in [3.8, 4) is 5.75 Å². The van der Waals surface area contributed by atoms with Crippen LogP contribution in [-0.2, 0) is 6.61 Å². The molecule has 0 spiro atoms. The van der Waals surface area contributed by atoms with E-state index in [1.165, 1.54) is 6.07 Å². The highest BCUT2D eigenvalue weighted by molar-refractivity contribution is 9.10. The normalized spacial score (nSPS) is 10.9. The molecule has 2 aromatic carbocycles. The van der Waals surface area contributed by atoms with E-state index in [1.807, 2.05) is 12.1 Å². The van der Waals surface area contributed by atoms with Crippen molar-refractivity contribution in [3.05, 3.63) is 52.5 Å². The zero-order valence-corrected chi connectivity index (χ0v) is 11.9. The summed E-state index contributed by atoms with van der Waals surface area (Å²) >= 11 is 3.13. The van der Waals surface area contributed by atoms with E-state index in [-0.39, 0.29) is 12.4 Å². The predicted molar refractivity (Wildman–Crippen MR) is 78.9 cm³/mol. The van der Waals surface area contributed by atoms with Gasteiger partial charge < -0.3 is 15.5 Å². The van der Waals surface area contributed by atoms with E-state index in [4.69, 9.17) is 10.5 Å². The highest BCUT2D eigenvalue weighted by atomic mass is 79.9. The standard InChI is InChI=1S/C14H11BrFN3O/c15-8-5-11-12(6-9(8)16)19-14(18-11)7-20-13-4-2-1-3-10(13)17/h1-6H,7,17H2,(H,18,19). The monoisotopic (exact) mass is 335 g/mol. The Morgan fingerprint density at radius 3 is 2.90 bits per heavy atom. The number of imidazole rings is 1. The predicted octanol–water partition coefficient (Wildman–Crippen LogP) is 3.63. The summed E-state index contributed by atoms with van der Waals surface area (Å²) in [5, 5.41) is 0. The minimum atomic E-state index is -0.332. The van der Waals surface area contributed by atoms with E-state index in [1.54, 1.807) is 18.2 Å². The van der Waals surface area contributed by atoms with E-state index < -0.39 is 0 Å². The second-order valence-electron chi connectivity index (χ2n) is 4.29. The summed E-state index contributed by atoms with van der Waals surface area (Å²) in [6.45, 7) is 0.238. The van der Waals surface area contributed by atoms with E-state index in [0.717, 1.165) is 0 Å². The fourth-order valence-corrected chi connectivity index (χ4v) is 2.22. The molecule has 4 nitrogen and oxygen atoms in total. The average Bonchev–Trinajstić information content (AvgIpc) is 2.80. The molecule has 0 aliphatic heterocycles. The Morgan fingerprint density at radius 2 is 2.10 bits per heavy atom. The van der Waals surface area contributed by atoms with Gasteiger partial charge in [-0.15, -0.1) is 0 Å². The number of aromatic amines is 1. The number of nitrogen functional groups attached to an aromatic ring is 1. The molecule has 0 radical (unpaired) electrons. The number of benzene rings is 2. The lowest BCUT2D eigenvalue weighted by Crippen LogP contribution is -1.99. The molecule has 0 aliphatic rings. The number of anilines is 1. The summed E-state index contributed by atoms with van der Waals surface area (Å²) in [5.74, 6) is 0.877. The molecule has 1 heterocycles. The molecular weight excluding hydrogens is 325 g/mol. The molecule has 0 saturated carbocycles. The first-order valence-corrected chi connectivity index (χ1v) is 6.74. The van der Waals surface area contributed by atoms with Gasteiger partial charge in [0.25, 0.3) is 0 Å². The van der Waals surface area contributed by atoms with Crippen LogP contribution in [0.1, 0.15) is 5.82 Å². The first kappa shape index (κ1) is 12.9. The lowest BCUT2D eigenvalue weighted by molar-refractivity contribution is 0.299. The average molecular weight is 336 g/mol. The molecule has 0 bridgehead atoms. The number of nitrogens with zero attached hydrogens (tertiary/aromatic N) is 1. The van der Waals surface area contributed by atoms with Gasteiger partial charge in [-0.05, 0) is 34.1 Å². The molecule has 3 N–H and O–H groups in total. The maximum absolute atomic E-state index is 13.4. The van der Waals surface area contributed by atoms with Crippen LogP contribution in [0.5, 0.6) is 5.75 Å². The Hall–Kier alpha value is -2.08. The van der Waals surface area contributed by atoms with Crippen LogP contribution >= 0.6 is 15.9 Å². The lowest BCUT2D eigenvalue weighted by Gasteiger charge is -2.06. The minimum Gasteiger partial charge on any atom is -0.484 e. The summed E-state index contributed by atoms with van der Waals surface area (Å²) in [6, 6.07) is 10.3. The van der Waals surface area contributed by atoms with Crippen LogP contribution < -0.4 is 10.5 Å². The van der Waals surface area contributed by atoms with Crippen molar-refractivity contribution in [2.75, 3.05) is 5.73 Å². The van der Waals surface area contributed by atoms with Crippen LogP contribution in [-0.4, -0.2) is 9.97 Å². The van der Waals surface area contributed by atoms with Crippen molar-refractivity contribution in [2.24, 2.45) is 0 Å². The number of nitrogens with two attached hydrogens (primary N) is 1. The molecule has 0 unspecified atom stereocenters. The number of hydrogen-bond acceptors (Lipinski definition) is 3. The third-order valence-corrected chi connectivity index (χ3v) is 3.46. The van der Waals surface area contributed by atoms with E-state index in [2.05, 4.69) is 25.9 Å². The number of hydrogen-bond donors (Lipinski definition) is 2. The molecule has 3 aromatic rings. The van der Waals surface area contributed by atoms with Gasteiger partial charge in [0.1, 0.15) is 24.0 Å². The summed E-state index contributed by atoms with van der Waals surface area (Å²) in [7, 11) is 0. The number of halogens is 2. The maximum atomic E-state index is 13.4. The Morgan fingerprint density at radius 1 is 1.30 bits per heavy atom. The molecule has 0 aliphatic carbocycles. The zero-order valence-electron chi connectivity index (χ0n) is 10.4. The van der Waals surface area contributed by atoms with Gasteiger partial charge in [-0.25, -0.2) is 9.37 Å². The number of para-hydroxylation sites is 2. The van der Waals surface area contributed by atoms with E-state index in [0.29, 0.717) is 32.8 Å².